The summed E-state index contributed by atoms with van der Waals surface area (Å²) >= 11 is 1.26. The second kappa shape index (κ2) is 6.15. The number of nitrogens with one attached hydrogen (secondary N) is 3. The lowest BCUT2D eigenvalue weighted by Gasteiger charge is -2.11. The summed E-state index contributed by atoms with van der Waals surface area (Å²) in [5, 5.41) is 10.1. The van der Waals surface area contributed by atoms with Gasteiger partial charge in [0, 0.05) is 22.7 Å². The largest absolute Gasteiger partial charge is 0.349 e. The van der Waals surface area contributed by atoms with Crippen LogP contribution in [0.15, 0.2) is 29.6 Å². The van der Waals surface area contributed by atoms with Crippen molar-refractivity contribution < 1.29 is 9.59 Å². The Kier molecular flexibility index (Phi) is 4.06. The van der Waals surface area contributed by atoms with Gasteiger partial charge in [-0.1, -0.05) is 6.07 Å². The first-order valence-corrected chi connectivity index (χ1v) is 7.85. The molecule has 3 N–H and O–H groups in total. The lowest BCUT2D eigenvalue weighted by Crippen LogP contribution is -2.26. The normalized spacial score (nSPS) is 13.5. The topological polar surface area (TPSA) is 83.1 Å². The van der Waals surface area contributed by atoms with Crippen molar-refractivity contribution in [3.8, 4) is 0 Å². The van der Waals surface area contributed by atoms with Crippen LogP contribution in [0.5, 0.6) is 0 Å². The van der Waals surface area contributed by atoms with Crippen LogP contribution >= 0.6 is 11.5 Å². The molecule has 114 valence electrons. The number of urea groups is 1. The fraction of sp³-hybridized carbons (Fsp3) is 0.267. The Morgan fingerprint density at radius 3 is 2.73 bits per heavy atom. The summed E-state index contributed by atoms with van der Waals surface area (Å²) in [5.74, 6) is 0.397. The number of aryl methyl sites for hydroxylation is 1. The molecule has 0 radical (unpaired) electrons. The predicted octanol–water partition coefficient (Wildman–Crippen LogP) is 2.99. The number of amides is 3. The van der Waals surface area contributed by atoms with Gasteiger partial charge in [-0.25, -0.2) is 4.79 Å². The van der Waals surface area contributed by atoms with E-state index in [4.69, 9.17) is 0 Å². The van der Waals surface area contributed by atoms with E-state index in [-0.39, 0.29) is 11.9 Å². The molecule has 22 heavy (non-hydrogen) atoms. The highest BCUT2D eigenvalue weighted by Crippen LogP contribution is 2.21. The number of nitrogens with zero attached hydrogens (tertiary/aromatic N) is 1. The van der Waals surface area contributed by atoms with Gasteiger partial charge in [0.15, 0.2) is 0 Å². The first-order valence-electron chi connectivity index (χ1n) is 7.02. The zero-order valence-corrected chi connectivity index (χ0v) is 12.9. The number of anilines is 2. The van der Waals surface area contributed by atoms with Gasteiger partial charge >= 0.3 is 6.03 Å². The highest BCUT2D eigenvalue weighted by Gasteiger charge is 2.24. The first-order chi connectivity index (χ1) is 10.6. The third-order valence-electron chi connectivity index (χ3n) is 3.34. The van der Waals surface area contributed by atoms with Crippen LogP contribution in [0.2, 0.25) is 0 Å². The molecule has 1 aliphatic rings. The number of hydrogen-bond acceptors (Lipinski definition) is 4. The summed E-state index contributed by atoms with van der Waals surface area (Å²) in [4.78, 5) is 24.0. The van der Waals surface area contributed by atoms with Crippen molar-refractivity contribution in [2.24, 2.45) is 0 Å². The van der Waals surface area contributed by atoms with Crippen LogP contribution in [0.3, 0.4) is 0 Å². The summed E-state index contributed by atoms with van der Waals surface area (Å²) < 4.78 is 4.01. The van der Waals surface area contributed by atoms with Crippen LogP contribution in [0.1, 0.15) is 28.8 Å². The molecule has 1 aromatic heterocycles. The van der Waals surface area contributed by atoms with Crippen molar-refractivity contribution in [2.45, 2.75) is 25.8 Å². The van der Waals surface area contributed by atoms with E-state index in [1.54, 1.807) is 23.6 Å². The fourth-order valence-corrected chi connectivity index (χ4v) is 2.41. The number of hydrogen-bond donors (Lipinski definition) is 3. The molecule has 2 aromatic rings. The SMILES string of the molecule is Cc1ccc(C(=O)NC2CC2)cc1NC(=O)Nc1ccsn1. The Bertz CT molecular complexity index is 696. The Balaban J connectivity index is 1.69. The predicted molar refractivity (Wildman–Crippen MR) is 86.4 cm³/mol. The number of carbonyl (C=O) groups excluding carboxylic acids is 2. The standard InChI is InChI=1S/C15H16N4O2S/c1-9-2-3-10(14(20)16-11-4-5-11)8-12(9)17-15(21)18-13-6-7-22-19-13/h2-3,6-8,11H,4-5H2,1H3,(H,16,20)(H2,17,18,19,21). The maximum Gasteiger partial charge on any atom is 0.324 e. The quantitative estimate of drug-likeness (QED) is 0.811. The van der Waals surface area contributed by atoms with Crippen LogP contribution in [-0.4, -0.2) is 22.4 Å². The van der Waals surface area contributed by atoms with E-state index in [9.17, 15) is 9.59 Å². The van der Waals surface area contributed by atoms with Crippen molar-refractivity contribution in [1.29, 1.82) is 0 Å². The first kappa shape index (κ1) is 14.5. The molecule has 1 aliphatic carbocycles. The second-order valence-corrected chi connectivity index (χ2v) is 5.91. The van der Waals surface area contributed by atoms with E-state index in [1.807, 2.05) is 13.0 Å². The number of benzene rings is 1. The zero-order valence-electron chi connectivity index (χ0n) is 12.1. The molecule has 7 heteroatoms. The Labute approximate surface area is 132 Å². The molecule has 6 nitrogen and oxygen atoms in total. The maximum absolute atomic E-state index is 12.1. The molecule has 0 aliphatic heterocycles. The summed E-state index contributed by atoms with van der Waals surface area (Å²) in [5.41, 5.74) is 2.04. The molecule has 0 unspecified atom stereocenters. The number of carbonyl (C=O) groups is 2. The Morgan fingerprint density at radius 2 is 2.05 bits per heavy atom. The average Bonchev–Trinajstić information content (AvgIpc) is 3.15. The van der Waals surface area contributed by atoms with Crippen LogP contribution in [0.4, 0.5) is 16.3 Å². The van der Waals surface area contributed by atoms with Crippen molar-refractivity contribution in [3.05, 3.63) is 40.8 Å². The molecule has 1 heterocycles. The number of rotatable bonds is 4. The lowest BCUT2D eigenvalue weighted by molar-refractivity contribution is 0.0951. The third kappa shape index (κ3) is 3.62. The third-order valence-corrected chi connectivity index (χ3v) is 3.90. The van der Waals surface area contributed by atoms with E-state index >= 15 is 0 Å². The average molecular weight is 316 g/mol. The Hall–Kier alpha value is -2.41. The van der Waals surface area contributed by atoms with Crippen molar-refractivity contribution >= 4 is 35.0 Å². The summed E-state index contributed by atoms with van der Waals surface area (Å²) in [7, 11) is 0. The van der Waals surface area contributed by atoms with Gasteiger partial charge in [0.25, 0.3) is 5.91 Å². The van der Waals surface area contributed by atoms with Crippen molar-refractivity contribution in [1.82, 2.24) is 9.69 Å². The molecule has 1 fully saturated rings. The molecule has 1 saturated carbocycles. The highest BCUT2D eigenvalue weighted by atomic mass is 32.1. The molecule has 3 amide bonds. The lowest BCUT2D eigenvalue weighted by atomic mass is 10.1. The van der Waals surface area contributed by atoms with Gasteiger partial charge in [0.2, 0.25) is 0 Å². The summed E-state index contributed by atoms with van der Waals surface area (Å²) in [6, 6.07) is 6.91. The molecular weight excluding hydrogens is 300 g/mol. The summed E-state index contributed by atoms with van der Waals surface area (Å²) in [6.45, 7) is 1.88. The molecular formula is C15H16N4O2S. The van der Waals surface area contributed by atoms with Gasteiger partial charge < -0.3 is 10.6 Å². The molecule has 3 rings (SSSR count). The van der Waals surface area contributed by atoms with Crippen LogP contribution in [-0.2, 0) is 0 Å². The van der Waals surface area contributed by atoms with Crippen LogP contribution in [0.25, 0.3) is 0 Å². The molecule has 1 aromatic carbocycles. The van der Waals surface area contributed by atoms with Crippen molar-refractivity contribution in [2.75, 3.05) is 10.6 Å². The minimum Gasteiger partial charge on any atom is -0.349 e. The summed E-state index contributed by atoms with van der Waals surface area (Å²) in [6.07, 6.45) is 2.08. The zero-order chi connectivity index (χ0) is 15.5. The Morgan fingerprint density at radius 1 is 1.23 bits per heavy atom. The van der Waals surface area contributed by atoms with Crippen LogP contribution in [0, 0.1) is 6.92 Å². The van der Waals surface area contributed by atoms with Gasteiger partial charge in [0.1, 0.15) is 5.82 Å². The molecule has 0 saturated heterocycles. The molecule has 0 bridgehead atoms. The van der Waals surface area contributed by atoms with E-state index in [2.05, 4.69) is 20.3 Å². The minimum absolute atomic E-state index is 0.106. The van der Waals surface area contributed by atoms with Gasteiger partial charge in [-0.2, -0.15) is 4.37 Å². The fourth-order valence-electron chi connectivity index (χ4n) is 1.94. The highest BCUT2D eigenvalue weighted by molar-refractivity contribution is 7.03. The van der Waals surface area contributed by atoms with Gasteiger partial charge in [-0.3, -0.25) is 10.1 Å². The van der Waals surface area contributed by atoms with Crippen molar-refractivity contribution in [3.63, 3.8) is 0 Å². The van der Waals surface area contributed by atoms with Gasteiger partial charge in [0.05, 0.1) is 0 Å². The molecule has 0 spiro atoms. The molecule has 0 atom stereocenters. The van der Waals surface area contributed by atoms with E-state index in [0.717, 1.165) is 18.4 Å². The monoisotopic (exact) mass is 316 g/mol. The minimum atomic E-state index is -0.381. The second-order valence-electron chi connectivity index (χ2n) is 5.24. The maximum atomic E-state index is 12.1. The van der Waals surface area contributed by atoms with Gasteiger partial charge in [-0.15, -0.1) is 0 Å². The van der Waals surface area contributed by atoms with E-state index in [1.165, 1.54) is 11.5 Å². The van der Waals surface area contributed by atoms with E-state index < -0.39 is 0 Å². The smallest absolute Gasteiger partial charge is 0.324 e. The van der Waals surface area contributed by atoms with Gasteiger partial charge in [-0.05, 0) is 55.1 Å². The number of aromatic nitrogens is 1. The van der Waals surface area contributed by atoms with E-state index in [0.29, 0.717) is 23.1 Å². The van der Waals surface area contributed by atoms with Crippen LogP contribution < -0.4 is 16.0 Å².